The van der Waals surface area contributed by atoms with E-state index in [1.165, 1.54) is 11.8 Å². The molecule has 2 aromatic carbocycles. The lowest BCUT2D eigenvalue weighted by molar-refractivity contribution is -0.138. The number of carboxylic acids is 2. The summed E-state index contributed by atoms with van der Waals surface area (Å²) in [4.78, 5) is 24.0. The van der Waals surface area contributed by atoms with Gasteiger partial charge in [0.15, 0.2) is 0 Å². The predicted molar refractivity (Wildman–Crippen MR) is 84.4 cm³/mol. The predicted octanol–water partition coefficient (Wildman–Crippen LogP) is 3.65. The summed E-state index contributed by atoms with van der Waals surface area (Å²) in [5, 5.41) is 18.2. The zero-order chi connectivity index (χ0) is 16.1. The molecule has 2 N–H and O–H groups in total. The highest BCUT2D eigenvalue weighted by molar-refractivity contribution is 7.99. The molecule has 22 heavy (non-hydrogen) atoms. The molecular weight excluding hydrogens is 300 g/mol. The van der Waals surface area contributed by atoms with E-state index in [4.69, 9.17) is 10.2 Å². The standard InChI is InChI=1S/C17H16O4S/c1-11(17(20)21)12-7-8-15(13(9-12)10-16(18)19)22-14-5-3-2-4-6-14/h2-9,11H,10H2,1H3,(H,18,19)(H,20,21)/t11-/m0/s1. The van der Waals surface area contributed by atoms with E-state index >= 15 is 0 Å². The van der Waals surface area contributed by atoms with Crippen LogP contribution in [-0.2, 0) is 16.0 Å². The molecule has 0 fully saturated rings. The molecule has 0 saturated heterocycles. The minimum absolute atomic E-state index is 0.130. The number of carboxylic acid groups (broad SMARTS) is 2. The van der Waals surface area contributed by atoms with Gasteiger partial charge in [-0.2, -0.15) is 0 Å². The average molecular weight is 316 g/mol. The Labute approximate surface area is 132 Å². The van der Waals surface area contributed by atoms with E-state index in [-0.39, 0.29) is 6.42 Å². The fraction of sp³-hybridized carbons (Fsp3) is 0.176. The first-order valence-electron chi connectivity index (χ1n) is 6.77. The van der Waals surface area contributed by atoms with Crippen LogP contribution < -0.4 is 0 Å². The molecule has 0 aromatic heterocycles. The van der Waals surface area contributed by atoms with Crippen LogP contribution in [0.4, 0.5) is 0 Å². The van der Waals surface area contributed by atoms with Crippen LogP contribution in [0.1, 0.15) is 24.0 Å². The second-order valence-electron chi connectivity index (χ2n) is 4.91. The Bertz CT molecular complexity index is 682. The molecule has 0 heterocycles. The molecule has 0 unspecified atom stereocenters. The highest BCUT2D eigenvalue weighted by Crippen LogP contribution is 2.32. The zero-order valence-electron chi connectivity index (χ0n) is 12.0. The van der Waals surface area contributed by atoms with Crippen molar-refractivity contribution < 1.29 is 19.8 Å². The molecule has 1 atom stereocenters. The number of hydrogen-bond acceptors (Lipinski definition) is 3. The summed E-state index contributed by atoms with van der Waals surface area (Å²) >= 11 is 1.47. The first-order chi connectivity index (χ1) is 10.5. The van der Waals surface area contributed by atoms with E-state index in [9.17, 15) is 9.59 Å². The van der Waals surface area contributed by atoms with Gasteiger partial charge in [0.2, 0.25) is 0 Å². The molecule has 0 aliphatic rings. The summed E-state index contributed by atoms with van der Waals surface area (Å²) in [5.41, 5.74) is 1.24. The van der Waals surface area contributed by atoms with Gasteiger partial charge in [-0.05, 0) is 36.2 Å². The van der Waals surface area contributed by atoms with Gasteiger partial charge in [0, 0.05) is 9.79 Å². The van der Waals surface area contributed by atoms with Gasteiger partial charge in [-0.1, -0.05) is 42.1 Å². The van der Waals surface area contributed by atoms with Crippen LogP contribution in [0.5, 0.6) is 0 Å². The lowest BCUT2D eigenvalue weighted by Gasteiger charge is -2.12. The Balaban J connectivity index is 2.36. The van der Waals surface area contributed by atoms with Gasteiger partial charge in [-0.15, -0.1) is 0 Å². The summed E-state index contributed by atoms with van der Waals surface area (Å²) in [5.74, 6) is -2.52. The van der Waals surface area contributed by atoms with Gasteiger partial charge in [0.05, 0.1) is 12.3 Å². The van der Waals surface area contributed by atoms with Gasteiger partial charge >= 0.3 is 11.9 Å². The number of carbonyl (C=O) groups is 2. The molecule has 114 valence electrons. The summed E-state index contributed by atoms with van der Waals surface area (Å²) in [6.07, 6.45) is -0.130. The minimum Gasteiger partial charge on any atom is -0.481 e. The van der Waals surface area contributed by atoms with Crippen molar-refractivity contribution in [3.8, 4) is 0 Å². The van der Waals surface area contributed by atoms with Crippen LogP contribution in [0.25, 0.3) is 0 Å². The molecule has 4 nitrogen and oxygen atoms in total. The van der Waals surface area contributed by atoms with Gasteiger partial charge in [-0.3, -0.25) is 9.59 Å². The third-order valence-corrected chi connectivity index (χ3v) is 4.39. The largest absolute Gasteiger partial charge is 0.481 e. The van der Waals surface area contributed by atoms with Crippen molar-refractivity contribution in [3.63, 3.8) is 0 Å². The first-order valence-corrected chi connectivity index (χ1v) is 7.59. The van der Waals surface area contributed by atoms with Crippen LogP contribution in [-0.4, -0.2) is 22.2 Å². The zero-order valence-corrected chi connectivity index (χ0v) is 12.8. The van der Waals surface area contributed by atoms with Crippen LogP contribution in [0, 0.1) is 0 Å². The molecule has 0 radical (unpaired) electrons. The van der Waals surface area contributed by atoms with Crippen LogP contribution >= 0.6 is 11.8 Å². The number of aliphatic carboxylic acids is 2. The molecule has 0 spiro atoms. The molecule has 5 heteroatoms. The smallest absolute Gasteiger partial charge is 0.310 e. The van der Waals surface area contributed by atoms with Crippen molar-refractivity contribution in [1.29, 1.82) is 0 Å². The van der Waals surface area contributed by atoms with E-state index in [1.807, 2.05) is 30.3 Å². The summed E-state index contributed by atoms with van der Waals surface area (Å²) < 4.78 is 0. The average Bonchev–Trinajstić information content (AvgIpc) is 2.48. The molecule has 2 aromatic rings. The van der Waals surface area contributed by atoms with Gasteiger partial charge in [0.25, 0.3) is 0 Å². The second-order valence-corrected chi connectivity index (χ2v) is 6.03. The topological polar surface area (TPSA) is 74.6 Å². The summed E-state index contributed by atoms with van der Waals surface area (Å²) in [7, 11) is 0. The molecular formula is C17H16O4S. The summed E-state index contributed by atoms with van der Waals surface area (Å²) in [6.45, 7) is 1.59. The molecule has 2 rings (SSSR count). The maximum atomic E-state index is 11.1. The SMILES string of the molecule is C[C@H](C(=O)O)c1ccc(Sc2ccccc2)c(CC(=O)O)c1. The molecule has 0 saturated carbocycles. The minimum atomic E-state index is -0.935. The lowest BCUT2D eigenvalue weighted by Crippen LogP contribution is -2.09. The van der Waals surface area contributed by atoms with Crippen LogP contribution in [0.2, 0.25) is 0 Å². The normalized spacial score (nSPS) is 11.9. The number of benzene rings is 2. The quantitative estimate of drug-likeness (QED) is 0.851. The maximum Gasteiger partial charge on any atom is 0.310 e. The third-order valence-electron chi connectivity index (χ3n) is 3.27. The fourth-order valence-corrected chi connectivity index (χ4v) is 2.97. The van der Waals surface area contributed by atoms with Crippen LogP contribution in [0.3, 0.4) is 0 Å². The lowest BCUT2D eigenvalue weighted by atomic mass is 9.98. The van der Waals surface area contributed by atoms with Crippen molar-refractivity contribution >= 4 is 23.7 Å². The van der Waals surface area contributed by atoms with Crippen molar-refractivity contribution in [3.05, 3.63) is 59.7 Å². The highest BCUT2D eigenvalue weighted by atomic mass is 32.2. The third kappa shape index (κ3) is 4.11. The number of hydrogen-bond donors (Lipinski definition) is 2. The molecule has 0 bridgehead atoms. The van der Waals surface area contributed by atoms with Gasteiger partial charge < -0.3 is 10.2 Å². The van der Waals surface area contributed by atoms with E-state index in [2.05, 4.69) is 0 Å². The van der Waals surface area contributed by atoms with E-state index < -0.39 is 17.9 Å². The fourth-order valence-electron chi connectivity index (χ4n) is 2.03. The highest BCUT2D eigenvalue weighted by Gasteiger charge is 2.17. The van der Waals surface area contributed by atoms with Crippen molar-refractivity contribution in [1.82, 2.24) is 0 Å². The first kappa shape index (κ1) is 16.1. The van der Waals surface area contributed by atoms with E-state index in [1.54, 1.807) is 25.1 Å². The Hall–Kier alpha value is -2.27. The monoisotopic (exact) mass is 316 g/mol. The van der Waals surface area contributed by atoms with Crippen molar-refractivity contribution in [2.24, 2.45) is 0 Å². The Kier molecular flexibility index (Phi) is 5.22. The summed E-state index contributed by atoms with van der Waals surface area (Å²) in [6, 6.07) is 14.9. The van der Waals surface area contributed by atoms with E-state index in [0.29, 0.717) is 11.1 Å². The van der Waals surface area contributed by atoms with Gasteiger partial charge in [0.1, 0.15) is 0 Å². The van der Waals surface area contributed by atoms with Crippen LogP contribution in [0.15, 0.2) is 58.3 Å². The molecule has 0 aliphatic carbocycles. The molecule has 0 amide bonds. The Morgan fingerprint density at radius 3 is 2.36 bits per heavy atom. The van der Waals surface area contributed by atoms with E-state index in [0.717, 1.165) is 9.79 Å². The molecule has 0 aliphatic heterocycles. The Morgan fingerprint density at radius 2 is 1.77 bits per heavy atom. The number of rotatable bonds is 6. The second kappa shape index (κ2) is 7.13. The Morgan fingerprint density at radius 1 is 1.09 bits per heavy atom. The van der Waals surface area contributed by atoms with Crippen molar-refractivity contribution in [2.45, 2.75) is 29.1 Å². The van der Waals surface area contributed by atoms with Gasteiger partial charge in [-0.25, -0.2) is 0 Å². The maximum absolute atomic E-state index is 11.1. The van der Waals surface area contributed by atoms with Crippen molar-refractivity contribution in [2.75, 3.05) is 0 Å².